The first-order valence-electron chi connectivity index (χ1n) is 11.4. The molecule has 6 nitrogen and oxygen atoms in total. The van der Waals surface area contributed by atoms with Gasteiger partial charge in [0.05, 0.1) is 6.54 Å². The number of thioether (sulfide) groups is 1. The minimum atomic E-state index is -0.335. The lowest BCUT2D eigenvalue weighted by molar-refractivity contribution is -0.191. The number of hydrogen-bond donors (Lipinski definition) is 0. The van der Waals surface area contributed by atoms with Crippen molar-refractivity contribution >= 4 is 29.7 Å². The summed E-state index contributed by atoms with van der Waals surface area (Å²) in [5.74, 6) is 1.21. The lowest BCUT2D eigenvalue weighted by Gasteiger charge is -2.38. The van der Waals surface area contributed by atoms with Crippen LogP contribution in [0.2, 0.25) is 0 Å². The van der Waals surface area contributed by atoms with Crippen LogP contribution in [0.5, 0.6) is 0 Å². The Kier molecular flexibility index (Phi) is 6.94. The van der Waals surface area contributed by atoms with Gasteiger partial charge in [0.15, 0.2) is 0 Å². The molecule has 0 atom stereocenters. The number of para-hydroxylation sites is 1. The number of carbonyl (C=O) groups is 1. The number of piperidine rings is 1. The van der Waals surface area contributed by atoms with Crippen LogP contribution in [0.1, 0.15) is 44.2 Å². The lowest BCUT2D eigenvalue weighted by Crippen LogP contribution is -2.46. The van der Waals surface area contributed by atoms with Gasteiger partial charge in [-0.2, -0.15) is 9.59 Å². The first-order chi connectivity index (χ1) is 15.9. The van der Waals surface area contributed by atoms with E-state index in [1.807, 2.05) is 42.1 Å². The number of rotatable bonds is 3. The minimum absolute atomic E-state index is 0.205. The number of amides is 1. The Hall–Kier alpha value is -2.60. The van der Waals surface area contributed by atoms with Gasteiger partial charge in [-0.15, -0.1) is 11.8 Å². The van der Waals surface area contributed by atoms with Crippen molar-refractivity contribution in [1.29, 1.82) is 0 Å². The highest BCUT2D eigenvalue weighted by Crippen LogP contribution is 2.42. The van der Waals surface area contributed by atoms with E-state index in [1.54, 1.807) is 4.90 Å². The molecule has 0 unspecified atom stereocenters. The summed E-state index contributed by atoms with van der Waals surface area (Å²) in [6.45, 7) is 8.30. The summed E-state index contributed by atoms with van der Waals surface area (Å²) in [6.07, 6.45) is 3.08. The molecule has 0 radical (unpaired) electrons. The van der Waals surface area contributed by atoms with Crippen molar-refractivity contribution in [1.82, 2.24) is 4.90 Å². The van der Waals surface area contributed by atoms with E-state index in [0.717, 1.165) is 38.2 Å². The van der Waals surface area contributed by atoms with Crippen LogP contribution in [0.4, 0.5) is 10.5 Å². The predicted octanol–water partition coefficient (Wildman–Crippen LogP) is 4.87. The highest BCUT2D eigenvalue weighted by Gasteiger charge is 2.47. The molecular weight excluding hydrogens is 436 g/mol. The Morgan fingerprint density at radius 2 is 1.73 bits per heavy atom. The molecule has 1 spiro atoms. The molecule has 0 saturated carbocycles. The molecule has 3 aliphatic rings. The molecular formula is C26H30N2O4S. The van der Waals surface area contributed by atoms with Crippen LogP contribution >= 0.6 is 11.8 Å². The topological polar surface area (TPSA) is 66.9 Å². The maximum absolute atomic E-state index is 12.5. The highest BCUT2D eigenvalue weighted by atomic mass is 32.2. The molecule has 3 aliphatic heterocycles. The summed E-state index contributed by atoms with van der Waals surface area (Å²) in [4.78, 5) is 34.5. The Morgan fingerprint density at radius 3 is 2.42 bits per heavy atom. The third-order valence-corrected chi connectivity index (χ3v) is 8.04. The number of hydrogen-bond acceptors (Lipinski definition) is 6. The van der Waals surface area contributed by atoms with Gasteiger partial charge in [-0.1, -0.05) is 44.2 Å². The van der Waals surface area contributed by atoms with E-state index in [1.165, 1.54) is 28.2 Å². The maximum atomic E-state index is 12.5. The third kappa shape index (κ3) is 5.16. The second-order valence-electron chi connectivity index (χ2n) is 9.65. The number of nitrogens with zero attached hydrogens (tertiary/aromatic N) is 2. The van der Waals surface area contributed by atoms with E-state index in [2.05, 4.69) is 36.9 Å². The molecule has 33 heavy (non-hydrogen) atoms. The van der Waals surface area contributed by atoms with Crippen molar-refractivity contribution < 1.29 is 19.1 Å². The van der Waals surface area contributed by atoms with E-state index < -0.39 is 0 Å². The number of carbonyl (C=O) groups excluding carboxylic acids is 3. The molecule has 2 saturated heterocycles. The van der Waals surface area contributed by atoms with Crippen LogP contribution in [0.15, 0.2) is 53.4 Å². The van der Waals surface area contributed by atoms with Crippen LogP contribution in [-0.4, -0.2) is 48.1 Å². The second-order valence-corrected chi connectivity index (χ2v) is 10.8. The molecule has 1 amide bonds. The van der Waals surface area contributed by atoms with Crippen LogP contribution in [-0.2, 0) is 26.3 Å². The molecule has 3 heterocycles. The van der Waals surface area contributed by atoms with Gasteiger partial charge in [-0.3, -0.25) is 9.80 Å². The van der Waals surface area contributed by atoms with Gasteiger partial charge >= 0.3 is 12.2 Å². The Bertz CT molecular complexity index is 1030. The van der Waals surface area contributed by atoms with Crippen molar-refractivity contribution in [3.05, 3.63) is 59.7 Å². The predicted molar refractivity (Wildman–Crippen MR) is 127 cm³/mol. The summed E-state index contributed by atoms with van der Waals surface area (Å²) in [7, 11) is 0. The maximum Gasteiger partial charge on any atom is 0.415 e. The average molecular weight is 467 g/mol. The van der Waals surface area contributed by atoms with Crippen LogP contribution < -0.4 is 4.90 Å². The molecule has 2 aromatic rings. The Balaban J connectivity index is 0.000000821. The Morgan fingerprint density at radius 1 is 1.03 bits per heavy atom. The van der Waals surface area contributed by atoms with Gasteiger partial charge in [0, 0.05) is 43.1 Å². The quantitative estimate of drug-likeness (QED) is 0.643. The number of benzene rings is 2. The van der Waals surface area contributed by atoms with Crippen molar-refractivity contribution in [3.8, 4) is 0 Å². The van der Waals surface area contributed by atoms with Crippen molar-refractivity contribution in [3.63, 3.8) is 0 Å². The van der Waals surface area contributed by atoms with E-state index in [-0.39, 0.29) is 23.3 Å². The first-order valence-corrected chi connectivity index (χ1v) is 12.4. The molecule has 0 bridgehead atoms. The number of likely N-dealkylation sites (tertiary alicyclic amines) is 1. The van der Waals surface area contributed by atoms with Crippen LogP contribution in [0.3, 0.4) is 0 Å². The summed E-state index contributed by atoms with van der Waals surface area (Å²) in [6, 6.07) is 16.9. The zero-order chi connectivity index (χ0) is 23.5. The van der Waals surface area contributed by atoms with Gasteiger partial charge < -0.3 is 4.74 Å². The second kappa shape index (κ2) is 9.72. The molecule has 0 aliphatic carbocycles. The highest BCUT2D eigenvalue weighted by molar-refractivity contribution is 7.99. The fourth-order valence-electron chi connectivity index (χ4n) is 4.95. The fraction of sp³-hybridized carbons (Fsp3) is 0.462. The largest absolute Gasteiger partial charge is 0.441 e. The molecule has 2 fully saturated rings. The van der Waals surface area contributed by atoms with Crippen molar-refractivity contribution in [2.45, 2.75) is 55.6 Å². The van der Waals surface area contributed by atoms with E-state index in [4.69, 9.17) is 14.3 Å². The summed E-state index contributed by atoms with van der Waals surface area (Å²) in [5.41, 5.74) is 3.76. The molecule has 174 valence electrons. The number of anilines is 1. The zero-order valence-corrected chi connectivity index (χ0v) is 20.0. The Labute approximate surface area is 199 Å². The number of fused-ring (bicyclic) bond motifs is 1. The van der Waals surface area contributed by atoms with Crippen LogP contribution in [0, 0.1) is 0 Å². The van der Waals surface area contributed by atoms with Gasteiger partial charge in [0.1, 0.15) is 5.60 Å². The summed E-state index contributed by atoms with van der Waals surface area (Å²) < 4.78 is 5.91. The molecule has 2 aromatic carbocycles. The van der Waals surface area contributed by atoms with Gasteiger partial charge in [0.2, 0.25) is 0 Å². The minimum Gasteiger partial charge on any atom is -0.441 e. The van der Waals surface area contributed by atoms with E-state index in [0.29, 0.717) is 6.54 Å². The smallest absolute Gasteiger partial charge is 0.415 e. The summed E-state index contributed by atoms with van der Waals surface area (Å²) in [5, 5.41) is 0. The van der Waals surface area contributed by atoms with Crippen molar-refractivity contribution in [2.75, 3.05) is 30.3 Å². The summed E-state index contributed by atoms with van der Waals surface area (Å²) >= 11 is 1.99. The zero-order valence-electron chi connectivity index (χ0n) is 19.2. The third-order valence-electron chi connectivity index (χ3n) is 6.97. The average Bonchev–Trinajstić information content (AvgIpc) is 3.13. The van der Waals surface area contributed by atoms with Gasteiger partial charge in [0.25, 0.3) is 0 Å². The SMILES string of the molecule is CC1(C)CCSc2ccc(CN3CCC4(CC3)CN(c3ccccc3)C(=O)O4)cc21.O=C=O. The monoisotopic (exact) mass is 466 g/mol. The molecule has 5 rings (SSSR count). The van der Waals surface area contributed by atoms with Crippen molar-refractivity contribution in [2.24, 2.45) is 0 Å². The van der Waals surface area contributed by atoms with E-state index in [9.17, 15) is 4.79 Å². The number of ether oxygens (including phenoxy) is 1. The fourth-order valence-corrected chi connectivity index (χ4v) is 6.44. The van der Waals surface area contributed by atoms with Gasteiger partial charge in [-0.05, 0) is 46.9 Å². The molecule has 0 N–H and O–H groups in total. The molecule has 7 heteroatoms. The molecule has 0 aromatic heterocycles. The lowest BCUT2D eigenvalue weighted by atomic mass is 9.81. The first kappa shape index (κ1) is 23.6. The normalized spacial score (nSPS) is 20.9. The standard InChI is InChI=1S/C25H30N2O2S.CO2/c1-24(2)12-15-30-22-9-8-19(16-21(22)24)17-26-13-10-25(11-14-26)18-27(23(28)29-25)20-6-4-3-5-7-20;2-1-3/h3-9,16H,10-15,17-18H2,1-2H3;. The van der Waals surface area contributed by atoms with Gasteiger partial charge in [-0.25, -0.2) is 4.79 Å². The van der Waals surface area contributed by atoms with E-state index >= 15 is 0 Å². The van der Waals surface area contributed by atoms with Crippen LogP contribution in [0.25, 0.3) is 0 Å².